The first-order chi connectivity index (χ1) is 8.29. The molecule has 0 spiro atoms. The number of aliphatic hydroxyl groups is 1. The maximum absolute atomic E-state index is 11.1. The molecule has 0 saturated heterocycles. The van der Waals surface area contributed by atoms with Gasteiger partial charge in [0.15, 0.2) is 0 Å². The number of hydrogen-bond acceptors (Lipinski definition) is 1. The van der Waals surface area contributed by atoms with Crippen LogP contribution in [0.2, 0.25) is 0 Å². The van der Waals surface area contributed by atoms with Crippen molar-refractivity contribution in [2.24, 2.45) is 23.7 Å². The van der Waals surface area contributed by atoms with Crippen LogP contribution in [0.15, 0.2) is 30.3 Å². The van der Waals surface area contributed by atoms with Gasteiger partial charge < -0.3 is 5.11 Å². The van der Waals surface area contributed by atoms with E-state index >= 15 is 0 Å². The summed E-state index contributed by atoms with van der Waals surface area (Å²) in [5.41, 5.74) is 0.662. The number of rotatable bonds is 1. The van der Waals surface area contributed by atoms with Crippen LogP contribution >= 0.6 is 0 Å². The summed E-state index contributed by atoms with van der Waals surface area (Å²) in [6, 6.07) is 10.4. The van der Waals surface area contributed by atoms with E-state index in [0.29, 0.717) is 5.92 Å². The SMILES string of the molecule is O[C@]1(c2ccccc2)C[C@H]2C[C@H]1[C@H]1CCC[C@@H]21. The Morgan fingerprint density at radius 2 is 1.82 bits per heavy atom. The van der Waals surface area contributed by atoms with Crippen LogP contribution in [-0.4, -0.2) is 5.11 Å². The highest BCUT2D eigenvalue weighted by Gasteiger charge is 2.60. The van der Waals surface area contributed by atoms with Gasteiger partial charge in [-0.15, -0.1) is 0 Å². The fourth-order valence-electron chi connectivity index (χ4n) is 5.17. The first kappa shape index (κ1) is 10.1. The summed E-state index contributed by atoms with van der Waals surface area (Å²) in [5.74, 6) is 3.11. The summed E-state index contributed by atoms with van der Waals surface area (Å²) in [5, 5.41) is 11.1. The average Bonchev–Trinajstić information content (AvgIpc) is 3.00. The summed E-state index contributed by atoms with van der Waals surface area (Å²) in [6.45, 7) is 0. The lowest BCUT2D eigenvalue weighted by Crippen LogP contribution is -2.38. The third-order valence-electron chi connectivity index (χ3n) is 5.76. The van der Waals surface area contributed by atoms with Gasteiger partial charge in [0.1, 0.15) is 0 Å². The minimum absolute atomic E-state index is 0.503. The van der Waals surface area contributed by atoms with Crippen LogP contribution in [0.3, 0.4) is 0 Å². The molecule has 2 bridgehead atoms. The number of benzene rings is 1. The van der Waals surface area contributed by atoms with E-state index in [1.54, 1.807) is 0 Å². The van der Waals surface area contributed by atoms with Crippen LogP contribution in [0.1, 0.15) is 37.7 Å². The van der Waals surface area contributed by atoms with Gasteiger partial charge in [-0.2, -0.15) is 0 Å². The van der Waals surface area contributed by atoms with Crippen molar-refractivity contribution in [2.75, 3.05) is 0 Å². The molecule has 3 aliphatic carbocycles. The Bertz CT molecular complexity index is 426. The maximum atomic E-state index is 11.1. The van der Waals surface area contributed by atoms with Crippen LogP contribution in [0.4, 0.5) is 0 Å². The Morgan fingerprint density at radius 3 is 2.65 bits per heavy atom. The van der Waals surface area contributed by atoms with Gasteiger partial charge in [0.05, 0.1) is 5.60 Å². The second kappa shape index (κ2) is 3.35. The maximum Gasteiger partial charge on any atom is 0.0930 e. The van der Waals surface area contributed by atoms with Gasteiger partial charge in [0.25, 0.3) is 0 Å². The van der Waals surface area contributed by atoms with Gasteiger partial charge in [-0.3, -0.25) is 0 Å². The van der Waals surface area contributed by atoms with E-state index in [1.165, 1.54) is 25.7 Å². The summed E-state index contributed by atoms with van der Waals surface area (Å²) in [4.78, 5) is 0. The van der Waals surface area contributed by atoms with Crippen LogP contribution in [0.25, 0.3) is 0 Å². The smallest absolute Gasteiger partial charge is 0.0930 e. The molecule has 1 aromatic carbocycles. The monoisotopic (exact) mass is 228 g/mol. The lowest BCUT2D eigenvalue weighted by Gasteiger charge is -2.39. The van der Waals surface area contributed by atoms with Crippen LogP contribution in [-0.2, 0) is 5.60 Å². The molecule has 5 atom stereocenters. The molecule has 1 nitrogen and oxygen atoms in total. The molecule has 1 N–H and O–H groups in total. The summed E-state index contributed by atoms with van der Waals surface area (Å²) in [7, 11) is 0. The summed E-state index contributed by atoms with van der Waals surface area (Å²) >= 11 is 0. The molecule has 1 aromatic rings. The number of fused-ring (bicyclic) bond motifs is 5. The third kappa shape index (κ3) is 1.24. The van der Waals surface area contributed by atoms with Gasteiger partial charge in [-0.1, -0.05) is 36.8 Å². The first-order valence-electron chi connectivity index (χ1n) is 7.07. The standard InChI is InChI=1S/C16H20O/c17-16(12-5-2-1-3-6-12)10-11-9-15(16)14-8-4-7-13(11)14/h1-3,5-6,11,13-15,17H,4,7-10H2/t11-,13+,14+,15+,16+/m1/s1. The Morgan fingerprint density at radius 1 is 1.06 bits per heavy atom. The van der Waals surface area contributed by atoms with Gasteiger partial charge in [0, 0.05) is 0 Å². The Hall–Kier alpha value is -0.820. The van der Waals surface area contributed by atoms with Crippen LogP contribution < -0.4 is 0 Å². The third-order valence-corrected chi connectivity index (χ3v) is 5.76. The molecule has 0 heterocycles. The van der Waals surface area contributed by atoms with Gasteiger partial charge >= 0.3 is 0 Å². The predicted octanol–water partition coefficient (Wildman–Crippen LogP) is 3.33. The van der Waals surface area contributed by atoms with Crippen molar-refractivity contribution in [1.82, 2.24) is 0 Å². The Labute approximate surface area is 103 Å². The lowest BCUT2D eigenvalue weighted by molar-refractivity contribution is -0.0512. The van der Waals surface area contributed by atoms with Gasteiger partial charge in [-0.25, -0.2) is 0 Å². The van der Waals surface area contributed by atoms with Gasteiger partial charge in [0.2, 0.25) is 0 Å². The molecule has 0 radical (unpaired) electrons. The zero-order chi connectivity index (χ0) is 11.5. The highest BCUT2D eigenvalue weighted by molar-refractivity contribution is 5.28. The quantitative estimate of drug-likeness (QED) is 0.781. The molecule has 90 valence electrons. The number of hydrogen-bond donors (Lipinski definition) is 1. The molecule has 3 aliphatic rings. The Kier molecular flexibility index (Phi) is 2.00. The fourth-order valence-corrected chi connectivity index (χ4v) is 5.17. The molecule has 4 rings (SSSR count). The molecule has 0 unspecified atom stereocenters. The van der Waals surface area contributed by atoms with Crippen molar-refractivity contribution in [3.63, 3.8) is 0 Å². The van der Waals surface area contributed by atoms with E-state index < -0.39 is 5.60 Å². The molecule has 17 heavy (non-hydrogen) atoms. The average molecular weight is 228 g/mol. The molecule has 0 amide bonds. The topological polar surface area (TPSA) is 20.2 Å². The van der Waals surface area contributed by atoms with Crippen LogP contribution in [0.5, 0.6) is 0 Å². The summed E-state index contributed by atoms with van der Waals surface area (Å²) in [6.07, 6.45) is 6.48. The van der Waals surface area contributed by atoms with E-state index in [2.05, 4.69) is 24.3 Å². The van der Waals surface area contributed by atoms with E-state index in [-0.39, 0.29) is 0 Å². The van der Waals surface area contributed by atoms with Crippen LogP contribution in [0, 0.1) is 23.7 Å². The minimum Gasteiger partial charge on any atom is -0.385 e. The van der Waals surface area contributed by atoms with E-state index in [4.69, 9.17) is 0 Å². The van der Waals surface area contributed by atoms with E-state index in [1.807, 2.05) is 6.07 Å². The molecule has 1 heteroatoms. The molecule has 3 saturated carbocycles. The Balaban J connectivity index is 1.73. The normalized spacial score (nSPS) is 47.4. The fraction of sp³-hybridized carbons (Fsp3) is 0.625. The second-order valence-corrected chi connectivity index (χ2v) is 6.36. The molecule has 3 fully saturated rings. The highest BCUT2D eigenvalue weighted by Crippen LogP contribution is 2.65. The first-order valence-corrected chi connectivity index (χ1v) is 7.07. The van der Waals surface area contributed by atoms with E-state index in [9.17, 15) is 5.11 Å². The molecular weight excluding hydrogens is 208 g/mol. The molecule has 0 aromatic heterocycles. The molecular formula is C16H20O. The van der Waals surface area contributed by atoms with Crippen molar-refractivity contribution in [3.8, 4) is 0 Å². The molecule has 0 aliphatic heterocycles. The van der Waals surface area contributed by atoms with E-state index in [0.717, 1.165) is 29.7 Å². The van der Waals surface area contributed by atoms with Crippen molar-refractivity contribution in [1.29, 1.82) is 0 Å². The zero-order valence-corrected chi connectivity index (χ0v) is 10.2. The van der Waals surface area contributed by atoms with Crippen molar-refractivity contribution < 1.29 is 5.11 Å². The largest absolute Gasteiger partial charge is 0.385 e. The second-order valence-electron chi connectivity index (χ2n) is 6.36. The predicted molar refractivity (Wildman–Crippen MR) is 67.4 cm³/mol. The summed E-state index contributed by atoms with van der Waals surface area (Å²) < 4.78 is 0. The zero-order valence-electron chi connectivity index (χ0n) is 10.2. The highest BCUT2D eigenvalue weighted by atomic mass is 16.3. The van der Waals surface area contributed by atoms with Crippen molar-refractivity contribution in [2.45, 2.75) is 37.7 Å². The minimum atomic E-state index is -0.503. The van der Waals surface area contributed by atoms with Crippen molar-refractivity contribution in [3.05, 3.63) is 35.9 Å². The van der Waals surface area contributed by atoms with Crippen molar-refractivity contribution >= 4 is 0 Å². The lowest BCUT2D eigenvalue weighted by atomic mass is 9.70. The van der Waals surface area contributed by atoms with Gasteiger partial charge in [-0.05, 0) is 54.9 Å².